The fourth-order valence-electron chi connectivity index (χ4n) is 3.94. The molecule has 0 atom stereocenters. The van der Waals surface area contributed by atoms with Gasteiger partial charge >= 0.3 is 6.03 Å². The minimum Gasteiger partial charge on any atom is -0.331 e. The summed E-state index contributed by atoms with van der Waals surface area (Å²) in [6, 6.07) is 8.78. The molecular formula is C26H30F2N6O2. The molecule has 1 saturated carbocycles. The number of urea groups is 1. The van der Waals surface area contributed by atoms with Crippen LogP contribution in [0.2, 0.25) is 0 Å². The lowest BCUT2D eigenvalue weighted by Crippen LogP contribution is -2.28. The van der Waals surface area contributed by atoms with Gasteiger partial charge in [-0.25, -0.2) is 13.6 Å². The van der Waals surface area contributed by atoms with Crippen LogP contribution in [-0.4, -0.2) is 40.5 Å². The minimum atomic E-state index is -0.913. The normalized spacial score (nSPS) is 13.1. The van der Waals surface area contributed by atoms with Crippen molar-refractivity contribution in [1.82, 2.24) is 14.9 Å². The molecule has 0 spiro atoms. The van der Waals surface area contributed by atoms with E-state index in [4.69, 9.17) is 5.73 Å². The summed E-state index contributed by atoms with van der Waals surface area (Å²) in [4.78, 5) is 33.9. The number of halogens is 2. The standard InChI is InChI=1S/C26H30F2N6O2/c1-16-11-23(22(28)12-21(16)27)31-26(36)33-25-30-13-20(24(35)32-25)19-7-5-18(6-8-19)15-34(10-2-9-29)14-17-3-4-17/h5-8,11-13,17H,2-4,9-10,14-15,29H2,1H3,(H3,30,31,32,33,35,36). The second-order valence-electron chi connectivity index (χ2n) is 9.15. The maximum atomic E-state index is 13.9. The molecule has 4 rings (SSSR count). The number of aromatic amines is 1. The summed E-state index contributed by atoms with van der Waals surface area (Å²) in [5.41, 5.74) is 7.35. The van der Waals surface area contributed by atoms with Crippen molar-refractivity contribution >= 4 is 17.7 Å². The number of nitrogens with zero attached hydrogens (tertiary/aromatic N) is 2. The molecule has 1 aliphatic rings. The summed E-state index contributed by atoms with van der Waals surface area (Å²) < 4.78 is 27.3. The molecule has 10 heteroatoms. The SMILES string of the molecule is Cc1cc(NC(=O)Nc2nc(=O)c(-c3ccc(CN(CCCN)CC4CC4)cc3)c[nH]2)c(F)cc1F. The molecule has 0 unspecified atom stereocenters. The van der Waals surface area contributed by atoms with E-state index in [0.29, 0.717) is 23.7 Å². The van der Waals surface area contributed by atoms with Crippen LogP contribution in [0.5, 0.6) is 0 Å². The first-order valence-corrected chi connectivity index (χ1v) is 12.0. The van der Waals surface area contributed by atoms with Crippen molar-refractivity contribution in [2.45, 2.75) is 32.7 Å². The molecule has 0 radical (unpaired) electrons. The molecule has 0 bridgehead atoms. The highest BCUT2D eigenvalue weighted by Crippen LogP contribution is 2.30. The Labute approximate surface area is 207 Å². The van der Waals surface area contributed by atoms with E-state index in [2.05, 4.69) is 25.5 Å². The van der Waals surface area contributed by atoms with Gasteiger partial charge in [0, 0.05) is 25.4 Å². The lowest BCUT2D eigenvalue weighted by molar-refractivity contribution is 0.253. The van der Waals surface area contributed by atoms with E-state index in [1.54, 1.807) is 0 Å². The summed E-state index contributed by atoms with van der Waals surface area (Å²) in [7, 11) is 0. The molecule has 1 aromatic heterocycles. The van der Waals surface area contributed by atoms with Gasteiger partial charge in [0.05, 0.1) is 11.3 Å². The number of amides is 2. The van der Waals surface area contributed by atoms with Crippen LogP contribution in [0.3, 0.4) is 0 Å². The van der Waals surface area contributed by atoms with Crippen LogP contribution >= 0.6 is 0 Å². The number of carbonyl (C=O) groups excluding carboxylic acids is 1. The van der Waals surface area contributed by atoms with Crippen molar-refractivity contribution in [1.29, 1.82) is 0 Å². The van der Waals surface area contributed by atoms with Crippen molar-refractivity contribution < 1.29 is 13.6 Å². The Kier molecular flexibility index (Phi) is 8.07. The quantitative estimate of drug-likeness (QED) is 0.335. The highest BCUT2D eigenvalue weighted by molar-refractivity contribution is 5.98. The molecule has 2 amide bonds. The number of nitrogens with two attached hydrogens (primary N) is 1. The lowest BCUT2D eigenvalue weighted by atomic mass is 10.1. The smallest absolute Gasteiger partial charge is 0.326 e. The molecular weight excluding hydrogens is 466 g/mol. The van der Waals surface area contributed by atoms with Crippen LogP contribution in [0, 0.1) is 24.5 Å². The van der Waals surface area contributed by atoms with Crippen LogP contribution < -0.4 is 21.9 Å². The molecule has 36 heavy (non-hydrogen) atoms. The van der Waals surface area contributed by atoms with E-state index in [1.807, 2.05) is 24.3 Å². The van der Waals surface area contributed by atoms with Gasteiger partial charge in [0.25, 0.3) is 5.56 Å². The van der Waals surface area contributed by atoms with Crippen LogP contribution in [0.1, 0.15) is 30.4 Å². The summed E-state index contributed by atoms with van der Waals surface area (Å²) in [5, 5.41) is 4.63. The molecule has 1 heterocycles. The van der Waals surface area contributed by atoms with Crippen molar-refractivity contribution in [3.05, 3.63) is 75.7 Å². The predicted molar refractivity (Wildman–Crippen MR) is 136 cm³/mol. The zero-order valence-corrected chi connectivity index (χ0v) is 20.1. The Morgan fingerprint density at radius 3 is 2.58 bits per heavy atom. The number of aromatic nitrogens is 2. The van der Waals surface area contributed by atoms with Crippen molar-refractivity contribution in [2.24, 2.45) is 11.7 Å². The molecule has 3 aromatic rings. The summed E-state index contributed by atoms with van der Waals surface area (Å²) in [6.45, 7) is 5.01. The van der Waals surface area contributed by atoms with Gasteiger partial charge in [-0.3, -0.25) is 15.0 Å². The Balaban J connectivity index is 1.39. The highest BCUT2D eigenvalue weighted by atomic mass is 19.1. The molecule has 5 N–H and O–H groups in total. The van der Waals surface area contributed by atoms with Gasteiger partial charge in [-0.05, 0) is 68.0 Å². The first-order valence-electron chi connectivity index (χ1n) is 12.0. The highest BCUT2D eigenvalue weighted by Gasteiger charge is 2.24. The molecule has 1 aliphatic carbocycles. The average Bonchev–Trinajstić information content (AvgIpc) is 3.66. The van der Waals surface area contributed by atoms with Gasteiger partial charge in [-0.1, -0.05) is 24.3 Å². The fraction of sp³-hybridized carbons (Fsp3) is 0.346. The fourth-order valence-corrected chi connectivity index (χ4v) is 3.94. The molecule has 0 saturated heterocycles. The van der Waals surface area contributed by atoms with Crippen LogP contribution in [0.15, 0.2) is 47.4 Å². The van der Waals surface area contributed by atoms with Gasteiger partial charge in [-0.15, -0.1) is 0 Å². The molecule has 190 valence electrons. The van der Waals surface area contributed by atoms with Crippen molar-refractivity contribution in [2.75, 3.05) is 30.3 Å². The minimum absolute atomic E-state index is 0.104. The second kappa shape index (κ2) is 11.4. The molecule has 1 fully saturated rings. The van der Waals surface area contributed by atoms with E-state index < -0.39 is 23.2 Å². The van der Waals surface area contributed by atoms with Gasteiger partial charge in [0.1, 0.15) is 11.6 Å². The number of aryl methyl sites for hydroxylation is 1. The average molecular weight is 497 g/mol. The number of hydrogen-bond acceptors (Lipinski definition) is 5. The Morgan fingerprint density at radius 2 is 1.92 bits per heavy atom. The van der Waals surface area contributed by atoms with Gasteiger partial charge in [0.2, 0.25) is 5.95 Å². The van der Waals surface area contributed by atoms with E-state index in [9.17, 15) is 18.4 Å². The molecule has 2 aromatic carbocycles. The third-order valence-corrected chi connectivity index (χ3v) is 6.09. The molecule has 8 nitrogen and oxygen atoms in total. The number of benzene rings is 2. The zero-order valence-electron chi connectivity index (χ0n) is 20.1. The van der Waals surface area contributed by atoms with Crippen LogP contribution in [-0.2, 0) is 6.54 Å². The number of anilines is 2. The summed E-state index contributed by atoms with van der Waals surface area (Å²) >= 11 is 0. The zero-order chi connectivity index (χ0) is 25.7. The Morgan fingerprint density at radius 1 is 1.17 bits per heavy atom. The van der Waals surface area contributed by atoms with Crippen molar-refractivity contribution in [3.63, 3.8) is 0 Å². The number of H-pyrrole nitrogens is 1. The number of carbonyl (C=O) groups is 1. The Hall–Kier alpha value is -3.63. The first kappa shape index (κ1) is 25.5. The topological polar surface area (TPSA) is 116 Å². The van der Waals surface area contributed by atoms with Crippen LogP contribution in [0.25, 0.3) is 11.1 Å². The maximum Gasteiger partial charge on any atom is 0.326 e. The van der Waals surface area contributed by atoms with E-state index in [1.165, 1.54) is 32.0 Å². The van der Waals surface area contributed by atoms with E-state index in [-0.39, 0.29) is 17.2 Å². The Bertz CT molecular complexity index is 1270. The maximum absolute atomic E-state index is 13.9. The number of nitrogens with one attached hydrogen (secondary N) is 3. The van der Waals surface area contributed by atoms with Crippen molar-refractivity contribution in [3.8, 4) is 11.1 Å². The van der Waals surface area contributed by atoms with E-state index >= 15 is 0 Å². The monoisotopic (exact) mass is 496 g/mol. The predicted octanol–water partition coefficient (Wildman–Crippen LogP) is 4.23. The third kappa shape index (κ3) is 6.73. The first-order chi connectivity index (χ1) is 17.3. The summed E-state index contributed by atoms with van der Waals surface area (Å²) in [6.07, 6.45) is 5.01. The lowest BCUT2D eigenvalue weighted by Gasteiger charge is -2.22. The van der Waals surface area contributed by atoms with Gasteiger partial charge in [-0.2, -0.15) is 4.98 Å². The second-order valence-corrected chi connectivity index (χ2v) is 9.15. The van der Waals surface area contributed by atoms with Crippen LogP contribution in [0.4, 0.5) is 25.2 Å². The van der Waals surface area contributed by atoms with E-state index in [0.717, 1.165) is 37.5 Å². The number of rotatable bonds is 10. The van der Waals surface area contributed by atoms with Gasteiger partial charge < -0.3 is 16.0 Å². The largest absolute Gasteiger partial charge is 0.331 e. The number of hydrogen-bond donors (Lipinski definition) is 4. The molecule has 0 aliphatic heterocycles. The summed E-state index contributed by atoms with van der Waals surface area (Å²) in [5.74, 6) is -0.939. The third-order valence-electron chi connectivity index (χ3n) is 6.09. The van der Waals surface area contributed by atoms with Gasteiger partial charge in [0.15, 0.2) is 0 Å².